The molecule has 7 heteroatoms. The molecular formula is C31H25NO5W. The van der Waals surface area contributed by atoms with Crippen molar-refractivity contribution in [1.29, 1.82) is 0 Å². The van der Waals surface area contributed by atoms with Crippen molar-refractivity contribution < 1.29 is 42.6 Å². The van der Waals surface area contributed by atoms with E-state index >= 15 is 0 Å². The molecule has 3 aromatic rings. The van der Waals surface area contributed by atoms with Crippen LogP contribution in [0, 0.1) is 33.3 Å². The van der Waals surface area contributed by atoms with Crippen LogP contribution in [0.15, 0.2) is 96.6 Å². The summed E-state index contributed by atoms with van der Waals surface area (Å²) in [5.74, 6) is 0. The summed E-state index contributed by atoms with van der Waals surface area (Å²) in [7, 11) is 0. The Morgan fingerprint density at radius 1 is 0.684 bits per heavy atom. The predicted octanol–water partition coefficient (Wildman–Crippen LogP) is 5.83. The molecule has 0 saturated heterocycles. The summed E-state index contributed by atoms with van der Waals surface area (Å²) in [5.41, 5.74) is 6.97. The zero-order valence-electron chi connectivity index (χ0n) is 20.8. The van der Waals surface area contributed by atoms with Crippen LogP contribution in [-0.2, 0) is 42.6 Å². The maximum absolute atomic E-state index is 7.50. The summed E-state index contributed by atoms with van der Waals surface area (Å²) in [5, 5.41) is 0. The van der Waals surface area contributed by atoms with E-state index in [1.165, 1.54) is 64.1 Å². The average molecular weight is 675 g/mol. The van der Waals surface area contributed by atoms with Crippen molar-refractivity contribution in [2.75, 3.05) is 6.54 Å². The third-order valence-electron chi connectivity index (χ3n) is 5.32. The van der Waals surface area contributed by atoms with Gasteiger partial charge >= 0.3 is 236 Å². The molecule has 0 aliphatic carbocycles. The van der Waals surface area contributed by atoms with Crippen LogP contribution in [0.4, 0.5) is 0 Å². The summed E-state index contributed by atoms with van der Waals surface area (Å²) < 4.78 is 39.0. The van der Waals surface area contributed by atoms with Crippen molar-refractivity contribution in [2.24, 2.45) is 0 Å². The van der Waals surface area contributed by atoms with E-state index in [0.29, 0.717) is 6.04 Å². The summed E-state index contributed by atoms with van der Waals surface area (Å²) in [6.07, 6.45) is 2.42. The van der Waals surface area contributed by atoms with Gasteiger partial charge in [-0.25, -0.2) is 0 Å². The second-order valence-electron chi connectivity index (χ2n) is 7.18. The van der Waals surface area contributed by atoms with Gasteiger partial charge < -0.3 is 0 Å². The molecular weight excluding hydrogens is 650 g/mol. The molecule has 0 bridgehead atoms. The van der Waals surface area contributed by atoms with Crippen molar-refractivity contribution in [1.82, 2.24) is 4.90 Å². The first-order valence-corrected chi connectivity index (χ1v) is 12.5. The van der Waals surface area contributed by atoms with Gasteiger partial charge in [0.2, 0.25) is 0 Å². The Labute approximate surface area is 235 Å². The zero-order valence-corrected chi connectivity index (χ0v) is 23.7. The topological polar surface area (TPSA) is 103 Å². The van der Waals surface area contributed by atoms with Crippen LogP contribution in [0.2, 0.25) is 0 Å². The molecule has 1 aliphatic rings. The number of unbranched alkanes of at least 4 members (excludes halogenated alkanes) is 1. The second kappa shape index (κ2) is 23.8. The van der Waals surface area contributed by atoms with E-state index in [4.69, 9.17) is 23.3 Å². The zero-order chi connectivity index (χ0) is 29.3. The van der Waals surface area contributed by atoms with Gasteiger partial charge in [0.1, 0.15) is 0 Å². The Morgan fingerprint density at radius 3 is 1.55 bits per heavy atom. The standard InChI is InChI=1S/C26H25N.5CO.W/c1-2-3-19-27-25(22-15-9-5-10-16-22)24(20-21-13-7-4-8-14-21)26(27)23-17-11-6-12-18-23;5*1-2;/h4-18,25H,2-3,19H2,1H3;;;;;;. The van der Waals surface area contributed by atoms with Gasteiger partial charge in [0, 0.05) is 0 Å². The minimum absolute atomic E-state index is 0.343. The first kappa shape index (κ1) is 36.6. The van der Waals surface area contributed by atoms with Gasteiger partial charge in [-0.1, -0.05) is 0 Å². The van der Waals surface area contributed by atoms with Gasteiger partial charge in [0.05, 0.1) is 0 Å². The van der Waals surface area contributed by atoms with Gasteiger partial charge in [-0.3, -0.25) is 0 Å². The molecule has 1 unspecified atom stereocenters. The fourth-order valence-corrected chi connectivity index (χ4v) is 5.19. The summed E-state index contributed by atoms with van der Waals surface area (Å²) in [4.78, 5) is 2.62. The van der Waals surface area contributed by atoms with Gasteiger partial charge in [-0.05, 0) is 0 Å². The molecule has 0 aromatic heterocycles. The number of hydrogen-bond acceptors (Lipinski definition) is 1. The molecule has 1 aliphatic heterocycles. The Bertz CT molecular complexity index is 1160. The van der Waals surface area contributed by atoms with Crippen molar-refractivity contribution >= 4 is 9.59 Å². The SMILES string of the molecule is CCCCN1C(c2ccccc2)=C([C](=[W])c2ccccc2)C1c1ccccc1.[C-]#[O+].[C-]#[O+].[C-]#[O+].[C-]#[O+].[C-]#[O+]. The molecule has 0 amide bonds. The fourth-order valence-electron chi connectivity index (χ4n) is 3.95. The first-order chi connectivity index (χ1) is 18.8. The molecule has 38 heavy (non-hydrogen) atoms. The summed E-state index contributed by atoms with van der Waals surface area (Å²) in [6.45, 7) is 25.9. The van der Waals surface area contributed by atoms with Gasteiger partial charge in [0.25, 0.3) is 0 Å². The van der Waals surface area contributed by atoms with Crippen molar-refractivity contribution in [3.8, 4) is 0 Å². The molecule has 1 atom stereocenters. The first-order valence-electron chi connectivity index (χ1n) is 11.0. The Kier molecular flexibility index (Phi) is 23.0. The van der Waals surface area contributed by atoms with Crippen LogP contribution in [-0.4, -0.2) is 15.3 Å². The monoisotopic (exact) mass is 675 g/mol. The van der Waals surface area contributed by atoms with Crippen molar-refractivity contribution in [3.05, 3.63) is 147 Å². The van der Waals surface area contributed by atoms with E-state index < -0.39 is 0 Å². The van der Waals surface area contributed by atoms with Gasteiger partial charge in [-0.2, -0.15) is 0 Å². The molecule has 3 aromatic carbocycles. The Hall–Kier alpha value is -3.54. The van der Waals surface area contributed by atoms with E-state index in [1.807, 2.05) is 0 Å². The van der Waals surface area contributed by atoms with Crippen molar-refractivity contribution in [2.45, 2.75) is 25.8 Å². The number of hydrogen-bond donors (Lipinski definition) is 0. The Morgan fingerprint density at radius 2 is 1.11 bits per heavy atom. The Balaban J connectivity index is 0. The number of benzene rings is 3. The van der Waals surface area contributed by atoms with Gasteiger partial charge in [0.15, 0.2) is 0 Å². The average Bonchev–Trinajstić information content (AvgIpc) is 3.03. The predicted molar refractivity (Wildman–Crippen MR) is 134 cm³/mol. The van der Waals surface area contributed by atoms with Crippen LogP contribution in [0.25, 0.3) is 5.70 Å². The third kappa shape index (κ3) is 10.1. The van der Waals surface area contributed by atoms with E-state index in [0.717, 1.165) is 6.54 Å². The van der Waals surface area contributed by atoms with E-state index in [-0.39, 0.29) is 0 Å². The van der Waals surface area contributed by atoms with Crippen LogP contribution in [0.1, 0.15) is 42.5 Å². The normalized spacial score (nSPS) is 12.1. The van der Waals surface area contributed by atoms with E-state index in [1.54, 1.807) is 0 Å². The van der Waals surface area contributed by atoms with Crippen LogP contribution in [0.3, 0.4) is 0 Å². The molecule has 0 fully saturated rings. The van der Waals surface area contributed by atoms with Gasteiger partial charge in [-0.15, -0.1) is 0 Å². The van der Waals surface area contributed by atoms with Crippen molar-refractivity contribution in [3.63, 3.8) is 0 Å². The minimum atomic E-state index is 0.343. The molecule has 0 spiro atoms. The second-order valence-corrected chi connectivity index (χ2v) is 8.65. The molecule has 0 saturated carbocycles. The van der Waals surface area contributed by atoms with Crippen LogP contribution >= 0.6 is 0 Å². The maximum atomic E-state index is 7.50. The molecule has 1 heterocycles. The summed E-state index contributed by atoms with van der Waals surface area (Å²) >= 11 is 1.53. The number of rotatable bonds is 7. The molecule has 0 N–H and O–H groups in total. The van der Waals surface area contributed by atoms with Crippen LogP contribution in [0.5, 0.6) is 0 Å². The molecule has 190 valence electrons. The summed E-state index contributed by atoms with van der Waals surface area (Å²) in [6, 6.07) is 33.1. The van der Waals surface area contributed by atoms with E-state index in [2.05, 4.69) is 136 Å². The molecule has 4 rings (SSSR count). The van der Waals surface area contributed by atoms with Crippen LogP contribution < -0.4 is 0 Å². The quantitative estimate of drug-likeness (QED) is 0.228. The number of nitrogens with zero attached hydrogens (tertiary/aromatic N) is 1. The molecule has 6 nitrogen and oxygen atoms in total. The van der Waals surface area contributed by atoms with E-state index in [9.17, 15) is 0 Å². The molecule has 0 radical (unpaired) electrons. The fraction of sp³-hybridized carbons (Fsp3) is 0.161. The third-order valence-corrected chi connectivity index (χ3v) is 6.96.